The van der Waals surface area contributed by atoms with Gasteiger partial charge in [-0.25, -0.2) is 4.79 Å². The van der Waals surface area contributed by atoms with Crippen molar-refractivity contribution in [2.45, 2.75) is 32.8 Å². The molecule has 0 unspecified atom stereocenters. The molecular weight excluding hydrogens is 390 g/mol. The smallest absolute Gasteiger partial charge is 0.407 e. The van der Waals surface area contributed by atoms with Gasteiger partial charge in [-0.2, -0.15) is 0 Å². The van der Waals surface area contributed by atoms with Crippen molar-refractivity contribution >= 4 is 29.3 Å². The van der Waals surface area contributed by atoms with E-state index in [9.17, 15) is 24.6 Å². The summed E-state index contributed by atoms with van der Waals surface area (Å²) in [5, 5.41) is 26.8. The van der Waals surface area contributed by atoms with Gasteiger partial charge in [-0.1, -0.05) is 12.1 Å². The highest BCUT2D eigenvalue weighted by molar-refractivity contribution is 6.07. The Labute approximate surface area is 174 Å². The molecule has 0 atom stereocenters. The second kappa shape index (κ2) is 9.64. The van der Waals surface area contributed by atoms with E-state index in [0.717, 1.165) is 6.07 Å². The Morgan fingerprint density at radius 3 is 2.07 bits per heavy atom. The number of phenols is 2. The maximum absolute atomic E-state index is 12.4. The first-order chi connectivity index (χ1) is 14.0. The summed E-state index contributed by atoms with van der Waals surface area (Å²) < 4.78 is 5.09. The summed E-state index contributed by atoms with van der Waals surface area (Å²) in [6, 6.07) is 10.1. The maximum Gasteiger partial charge on any atom is 0.407 e. The van der Waals surface area contributed by atoms with E-state index < -0.39 is 17.6 Å². The number of nitrogens with one attached hydrogen (secondary N) is 3. The molecule has 0 aliphatic heterocycles. The quantitative estimate of drug-likeness (QED) is 0.491. The number of carbonyl (C=O) groups is 3. The molecule has 5 N–H and O–H groups in total. The van der Waals surface area contributed by atoms with Gasteiger partial charge in [0, 0.05) is 24.6 Å². The lowest BCUT2D eigenvalue weighted by Gasteiger charge is -2.19. The van der Waals surface area contributed by atoms with Crippen LogP contribution in [0, 0.1) is 0 Å². The SMILES string of the molecule is CC(C)(C)OC(=O)NCCC(=O)Nc1ccccc1NC(=O)c1cc(O)cc(O)c1. The van der Waals surface area contributed by atoms with Gasteiger partial charge in [0.1, 0.15) is 17.1 Å². The van der Waals surface area contributed by atoms with Crippen LogP contribution in [0.3, 0.4) is 0 Å². The van der Waals surface area contributed by atoms with Gasteiger partial charge in [0.25, 0.3) is 5.91 Å². The van der Waals surface area contributed by atoms with E-state index in [2.05, 4.69) is 16.0 Å². The number of anilines is 2. The third kappa shape index (κ3) is 7.34. The summed E-state index contributed by atoms with van der Waals surface area (Å²) in [5.41, 5.74) is 0.113. The molecule has 9 nitrogen and oxygen atoms in total. The molecule has 30 heavy (non-hydrogen) atoms. The maximum atomic E-state index is 12.4. The third-order valence-corrected chi connectivity index (χ3v) is 3.63. The zero-order chi connectivity index (χ0) is 22.3. The molecule has 0 fully saturated rings. The number of benzene rings is 2. The van der Waals surface area contributed by atoms with Crippen molar-refractivity contribution in [1.82, 2.24) is 5.32 Å². The van der Waals surface area contributed by atoms with Gasteiger partial charge in [0.15, 0.2) is 0 Å². The monoisotopic (exact) mass is 415 g/mol. The van der Waals surface area contributed by atoms with E-state index in [0.29, 0.717) is 11.4 Å². The van der Waals surface area contributed by atoms with Crippen LogP contribution in [0.25, 0.3) is 0 Å². The number of amides is 3. The number of aromatic hydroxyl groups is 2. The lowest BCUT2D eigenvalue weighted by Crippen LogP contribution is -2.34. The van der Waals surface area contributed by atoms with Crippen LogP contribution in [0.1, 0.15) is 37.6 Å². The number of para-hydroxylation sites is 2. The third-order valence-electron chi connectivity index (χ3n) is 3.63. The molecule has 0 saturated carbocycles. The molecule has 0 spiro atoms. The second-order valence-electron chi connectivity index (χ2n) is 7.46. The first kappa shape index (κ1) is 22.5. The van der Waals surface area contributed by atoms with E-state index >= 15 is 0 Å². The molecule has 0 radical (unpaired) electrons. The van der Waals surface area contributed by atoms with Crippen molar-refractivity contribution in [2.24, 2.45) is 0 Å². The average molecular weight is 415 g/mol. The van der Waals surface area contributed by atoms with E-state index in [1.807, 2.05) is 0 Å². The van der Waals surface area contributed by atoms with Crippen LogP contribution >= 0.6 is 0 Å². The van der Waals surface area contributed by atoms with Crippen molar-refractivity contribution in [1.29, 1.82) is 0 Å². The topological polar surface area (TPSA) is 137 Å². The molecule has 160 valence electrons. The standard InChI is InChI=1S/C21H25N3O6/c1-21(2,3)30-20(29)22-9-8-18(27)23-16-6-4-5-7-17(16)24-19(28)13-10-14(25)12-15(26)11-13/h4-7,10-12,25-26H,8-9H2,1-3H3,(H,22,29)(H,23,27)(H,24,28). The number of carbonyl (C=O) groups excluding carboxylic acids is 3. The van der Waals surface area contributed by atoms with E-state index in [1.165, 1.54) is 12.1 Å². The Kier molecular flexibility index (Phi) is 7.24. The molecule has 0 aliphatic rings. The van der Waals surface area contributed by atoms with Crippen LogP contribution in [0.5, 0.6) is 11.5 Å². The number of hydrogen-bond donors (Lipinski definition) is 5. The van der Waals surface area contributed by atoms with E-state index in [1.54, 1.807) is 45.0 Å². The zero-order valence-electron chi connectivity index (χ0n) is 17.0. The molecule has 9 heteroatoms. The number of hydrogen-bond acceptors (Lipinski definition) is 6. The number of ether oxygens (including phenoxy) is 1. The van der Waals surface area contributed by atoms with Crippen LogP contribution in [0.2, 0.25) is 0 Å². The highest BCUT2D eigenvalue weighted by Gasteiger charge is 2.16. The first-order valence-electron chi connectivity index (χ1n) is 9.23. The summed E-state index contributed by atoms with van der Waals surface area (Å²) >= 11 is 0. The zero-order valence-corrected chi connectivity index (χ0v) is 17.0. The molecule has 0 heterocycles. The van der Waals surface area contributed by atoms with Crippen LogP contribution in [-0.2, 0) is 9.53 Å². The average Bonchev–Trinajstić information content (AvgIpc) is 2.61. The van der Waals surface area contributed by atoms with Gasteiger partial charge in [-0.15, -0.1) is 0 Å². The van der Waals surface area contributed by atoms with Crippen molar-refractivity contribution in [3.8, 4) is 11.5 Å². The Balaban J connectivity index is 1.95. The van der Waals surface area contributed by atoms with Crippen molar-refractivity contribution in [2.75, 3.05) is 17.2 Å². The minimum atomic E-state index is -0.629. The van der Waals surface area contributed by atoms with Gasteiger partial charge in [-0.05, 0) is 45.0 Å². The molecule has 0 bridgehead atoms. The Hall–Kier alpha value is -3.75. The second-order valence-corrected chi connectivity index (χ2v) is 7.46. The van der Waals surface area contributed by atoms with Crippen molar-refractivity contribution in [3.05, 3.63) is 48.0 Å². The van der Waals surface area contributed by atoms with Crippen LogP contribution < -0.4 is 16.0 Å². The molecule has 0 saturated heterocycles. The van der Waals surface area contributed by atoms with Crippen LogP contribution in [0.15, 0.2) is 42.5 Å². The lowest BCUT2D eigenvalue weighted by atomic mass is 10.1. The van der Waals surface area contributed by atoms with Crippen LogP contribution in [-0.4, -0.2) is 40.3 Å². The van der Waals surface area contributed by atoms with Gasteiger partial charge in [0.2, 0.25) is 5.91 Å². The van der Waals surface area contributed by atoms with E-state index in [-0.39, 0.29) is 35.9 Å². The van der Waals surface area contributed by atoms with Gasteiger partial charge in [-0.3, -0.25) is 9.59 Å². The number of alkyl carbamates (subject to hydrolysis) is 1. The predicted octanol–water partition coefficient (Wildman–Crippen LogP) is 3.20. The Bertz CT molecular complexity index is 916. The lowest BCUT2D eigenvalue weighted by molar-refractivity contribution is -0.116. The first-order valence-corrected chi connectivity index (χ1v) is 9.23. The summed E-state index contributed by atoms with van der Waals surface area (Å²) in [5.74, 6) is -1.45. The number of rotatable bonds is 6. The Morgan fingerprint density at radius 1 is 0.933 bits per heavy atom. The molecule has 3 amide bonds. The summed E-state index contributed by atoms with van der Waals surface area (Å²) in [6.45, 7) is 5.30. The molecule has 0 aromatic heterocycles. The molecule has 2 aromatic carbocycles. The summed E-state index contributed by atoms with van der Waals surface area (Å²) in [6.07, 6.45) is -0.612. The summed E-state index contributed by atoms with van der Waals surface area (Å²) in [4.78, 5) is 36.2. The highest BCUT2D eigenvalue weighted by atomic mass is 16.6. The predicted molar refractivity (Wildman–Crippen MR) is 112 cm³/mol. The van der Waals surface area contributed by atoms with E-state index in [4.69, 9.17) is 4.74 Å². The fourth-order valence-electron chi connectivity index (χ4n) is 2.43. The van der Waals surface area contributed by atoms with Crippen LogP contribution in [0.4, 0.5) is 16.2 Å². The van der Waals surface area contributed by atoms with Crippen molar-refractivity contribution < 1.29 is 29.3 Å². The molecule has 2 aromatic rings. The largest absolute Gasteiger partial charge is 0.508 e. The summed E-state index contributed by atoms with van der Waals surface area (Å²) in [7, 11) is 0. The minimum Gasteiger partial charge on any atom is -0.508 e. The van der Waals surface area contributed by atoms with Gasteiger partial charge < -0.3 is 30.9 Å². The fourth-order valence-corrected chi connectivity index (χ4v) is 2.43. The molecular formula is C21H25N3O6. The fraction of sp³-hybridized carbons (Fsp3) is 0.286. The van der Waals surface area contributed by atoms with Gasteiger partial charge in [0.05, 0.1) is 11.4 Å². The minimum absolute atomic E-state index is 0.00194. The van der Waals surface area contributed by atoms with Gasteiger partial charge >= 0.3 is 6.09 Å². The molecule has 0 aliphatic carbocycles. The highest BCUT2D eigenvalue weighted by Crippen LogP contribution is 2.24. The number of phenolic OH excluding ortho intramolecular Hbond substituents is 2. The normalized spacial score (nSPS) is 10.8. The molecule has 2 rings (SSSR count). The van der Waals surface area contributed by atoms with Crippen molar-refractivity contribution in [3.63, 3.8) is 0 Å². The Morgan fingerprint density at radius 2 is 1.50 bits per heavy atom.